The molecule has 0 radical (unpaired) electrons. The van der Waals surface area contributed by atoms with Crippen LogP contribution in [-0.4, -0.2) is 33.9 Å². The first kappa shape index (κ1) is 12.2. The van der Waals surface area contributed by atoms with Crippen molar-refractivity contribution in [2.45, 2.75) is 18.9 Å². The van der Waals surface area contributed by atoms with Gasteiger partial charge >= 0.3 is 0 Å². The van der Waals surface area contributed by atoms with Gasteiger partial charge in [-0.3, -0.25) is 4.18 Å². The molecule has 1 unspecified atom stereocenters. The lowest BCUT2D eigenvalue weighted by Crippen LogP contribution is -2.27. The van der Waals surface area contributed by atoms with Crippen LogP contribution in [-0.2, 0) is 14.3 Å². The van der Waals surface area contributed by atoms with Crippen LogP contribution in [0.4, 0.5) is 0 Å². The molecule has 1 aliphatic heterocycles. The van der Waals surface area contributed by atoms with E-state index in [0.717, 1.165) is 25.6 Å². The lowest BCUT2D eigenvalue weighted by atomic mass is 10.2. The molecule has 1 heterocycles. The van der Waals surface area contributed by atoms with Crippen molar-refractivity contribution in [3.8, 4) is 0 Å². The second-order valence-electron chi connectivity index (χ2n) is 2.78. The zero-order valence-electron chi connectivity index (χ0n) is 6.95. The summed E-state index contributed by atoms with van der Waals surface area (Å²) in [6.07, 6.45) is 3.19. The van der Waals surface area contributed by atoms with Crippen molar-refractivity contribution >= 4 is 22.5 Å². The van der Waals surface area contributed by atoms with E-state index in [4.69, 9.17) is 0 Å². The van der Waals surface area contributed by atoms with E-state index in [-0.39, 0.29) is 25.1 Å². The van der Waals surface area contributed by atoms with Crippen LogP contribution < -0.4 is 5.32 Å². The summed E-state index contributed by atoms with van der Waals surface area (Å²) in [5.74, 6) is 0. The maximum absolute atomic E-state index is 10.5. The van der Waals surface area contributed by atoms with Crippen LogP contribution in [0.2, 0.25) is 0 Å². The highest BCUT2D eigenvalue weighted by Crippen LogP contribution is 2.05. The van der Waals surface area contributed by atoms with E-state index in [9.17, 15) is 8.42 Å². The monoisotopic (exact) mass is 215 g/mol. The van der Waals surface area contributed by atoms with Crippen LogP contribution in [0.1, 0.15) is 12.8 Å². The van der Waals surface area contributed by atoms with Gasteiger partial charge in [-0.05, 0) is 19.4 Å². The summed E-state index contributed by atoms with van der Waals surface area (Å²) in [5, 5.41) is 3.14. The van der Waals surface area contributed by atoms with Crippen molar-refractivity contribution in [3.63, 3.8) is 0 Å². The zero-order valence-corrected chi connectivity index (χ0v) is 8.58. The quantitative estimate of drug-likeness (QED) is 0.681. The van der Waals surface area contributed by atoms with E-state index in [2.05, 4.69) is 9.50 Å². The van der Waals surface area contributed by atoms with E-state index in [1.165, 1.54) is 0 Å². The zero-order chi connectivity index (χ0) is 8.32. The maximum Gasteiger partial charge on any atom is 0.264 e. The van der Waals surface area contributed by atoms with Crippen LogP contribution >= 0.6 is 12.4 Å². The topological polar surface area (TPSA) is 55.4 Å². The molecule has 0 saturated carbocycles. The normalized spacial score (nSPS) is 23.6. The molecular formula is C6H14ClNO3S. The Bertz CT molecular complexity index is 211. The van der Waals surface area contributed by atoms with Crippen molar-refractivity contribution in [2.24, 2.45) is 0 Å². The van der Waals surface area contributed by atoms with Crippen LogP contribution in [0.25, 0.3) is 0 Å². The highest BCUT2D eigenvalue weighted by atomic mass is 35.5. The van der Waals surface area contributed by atoms with Gasteiger partial charge in [-0.15, -0.1) is 12.4 Å². The molecule has 6 heteroatoms. The molecule has 0 aromatic carbocycles. The van der Waals surface area contributed by atoms with Gasteiger partial charge in [-0.25, -0.2) is 0 Å². The number of halogens is 1. The van der Waals surface area contributed by atoms with Gasteiger partial charge in [0, 0.05) is 6.04 Å². The molecule has 1 rings (SSSR count). The highest BCUT2D eigenvalue weighted by molar-refractivity contribution is 7.85. The Kier molecular flexibility index (Phi) is 5.08. The third-order valence-corrected chi connectivity index (χ3v) is 2.21. The van der Waals surface area contributed by atoms with Gasteiger partial charge < -0.3 is 5.32 Å². The lowest BCUT2D eigenvalue weighted by Gasteiger charge is -2.07. The SMILES string of the molecule is CS(=O)(=O)OCC1CCCN1.Cl. The number of rotatable bonds is 3. The molecule has 0 aromatic heterocycles. The van der Waals surface area contributed by atoms with Crippen molar-refractivity contribution in [1.29, 1.82) is 0 Å². The fourth-order valence-corrected chi connectivity index (χ4v) is 1.52. The molecule has 4 nitrogen and oxygen atoms in total. The van der Waals surface area contributed by atoms with Gasteiger partial charge in [-0.2, -0.15) is 8.42 Å². The molecule has 0 bridgehead atoms. The van der Waals surface area contributed by atoms with E-state index in [0.29, 0.717) is 0 Å². The van der Waals surface area contributed by atoms with Gasteiger partial charge in [0.05, 0.1) is 12.9 Å². The predicted molar refractivity (Wildman–Crippen MR) is 49.1 cm³/mol. The Morgan fingerprint density at radius 2 is 2.25 bits per heavy atom. The molecule has 0 spiro atoms. The van der Waals surface area contributed by atoms with Gasteiger partial charge in [0.15, 0.2) is 0 Å². The van der Waals surface area contributed by atoms with Crippen LogP contribution in [0.15, 0.2) is 0 Å². The standard InChI is InChI=1S/C6H13NO3S.ClH/c1-11(8,9)10-5-6-3-2-4-7-6;/h6-7H,2-5H2,1H3;1H. The predicted octanol–water partition coefficient (Wildman–Crippen LogP) is 0.136. The second kappa shape index (κ2) is 5.01. The Morgan fingerprint density at radius 3 is 2.67 bits per heavy atom. The first-order chi connectivity index (χ1) is 5.08. The molecule has 1 fully saturated rings. The Morgan fingerprint density at radius 1 is 1.58 bits per heavy atom. The van der Waals surface area contributed by atoms with Crippen molar-refractivity contribution < 1.29 is 12.6 Å². The van der Waals surface area contributed by atoms with Crippen LogP contribution in [0.3, 0.4) is 0 Å². The molecule has 0 aromatic rings. The molecule has 74 valence electrons. The van der Waals surface area contributed by atoms with Gasteiger partial charge in [0.2, 0.25) is 0 Å². The summed E-state index contributed by atoms with van der Waals surface area (Å²) >= 11 is 0. The average Bonchev–Trinajstić information content (AvgIpc) is 2.32. The van der Waals surface area contributed by atoms with Gasteiger partial charge in [0.1, 0.15) is 0 Å². The summed E-state index contributed by atoms with van der Waals surface area (Å²) in [4.78, 5) is 0. The number of hydrogen-bond acceptors (Lipinski definition) is 4. The number of hydrogen-bond donors (Lipinski definition) is 1. The van der Waals surface area contributed by atoms with Crippen molar-refractivity contribution in [3.05, 3.63) is 0 Å². The Labute approximate surface area is 79.2 Å². The van der Waals surface area contributed by atoms with Gasteiger partial charge in [0.25, 0.3) is 10.1 Å². The minimum atomic E-state index is -3.25. The maximum atomic E-state index is 10.5. The third-order valence-electron chi connectivity index (χ3n) is 1.65. The van der Waals surface area contributed by atoms with Gasteiger partial charge in [-0.1, -0.05) is 0 Å². The minimum absolute atomic E-state index is 0. The summed E-state index contributed by atoms with van der Waals surface area (Å²) < 4.78 is 25.7. The van der Waals surface area contributed by atoms with Crippen LogP contribution in [0, 0.1) is 0 Å². The summed E-state index contributed by atoms with van der Waals surface area (Å²) in [6.45, 7) is 1.25. The fraction of sp³-hybridized carbons (Fsp3) is 1.00. The smallest absolute Gasteiger partial charge is 0.264 e. The van der Waals surface area contributed by atoms with E-state index >= 15 is 0 Å². The second-order valence-corrected chi connectivity index (χ2v) is 4.43. The summed E-state index contributed by atoms with van der Waals surface area (Å²) in [6, 6.07) is 0.227. The molecule has 0 aliphatic carbocycles. The fourth-order valence-electron chi connectivity index (χ4n) is 1.10. The molecule has 12 heavy (non-hydrogen) atoms. The highest BCUT2D eigenvalue weighted by Gasteiger charge is 2.15. The lowest BCUT2D eigenvalue weighted by molar-refractivity contribution is 0.284. The number of nitrogens with one attached hydrogen (secondary N) is 1. The van der Waals surface area contributed by atoms with E-state index < -0.39 is 10.1 Å². The first-order valence-corrected chi connectivity index (χ1v) is 5.47. The van der Waals surface area contributed by atoms with Crippen molar-refractivity contribution in [1.82, 2.24) is 5.32 Å². The van der Waals surface area contributed by atoms with Crippen LogP contribution in [0.5, 0.6) is 0 Å². The minimum Gasteiger partial charge on any atom is -0.312 e. The van der Waals surface area contributed by atoms with E-state index in [1.807, 2.05) is 0 Å². The molecule has 1 atom stereocenters. The third kappa shape index (κ3) is 4.92. The Hall–Kier alpha value is 0.160. The average molecular weight is 216 g/mol. The van der Waals surface area contributed by atoms with Crippen molar-refractivity contribution in [2.75, 3.05) is 19.4 Å². The Balaban J connectivity index is 0.00000121. The summed E-state index contributed by atoms with van der Waals surface area (Å²) in [7, 11) is -3.25. The molecule has 1 saturated heterocycles. The summed E-state index contributed by atoms with van der Waals surface area (Å²) in [5.41, 5.74) is 0. The molecular weight excluding hydrogens is 202 g/mol. The largest absolute Gasteiger partial charge is 0.312 e. The molecule has 0 amide bonds. The molecule has 1 aliphatic rings. The van der Waals surface area contributed by atoms with E-state index in [1.54, 1.807) is 0 Å². The molecule has 1 N–H and O–H groups in total. The first-order valence-electron chi connectivity index (χ1n) is 3.66.